The molecule has 0 aromatic carbocycles. The van der Waals surface area contributed by atoms with E-state index in [4.69, 9.17) is 16.6 Å². The van der Waals surface area contributed by atoms with Crippen LogP contribution in [0.1, 0.15) is 6.42 Å². The molecule has 0 rings (SSSR count). The van der Waals surface area contributed by atoms with Gasteiger partial charge in [-0.3, -0.25) is 0 Å². The van der Waals surface area contributed by atoms with E-state index in [1.165, 1.54) is 0 Å². The predicted molar refractivity (Wildman–Crippen MR) is 27.1 cm³/mol. The number of rotatable bonds is 2. The van der Waals surface area contributed by atoms with Crippen LogP contribution in [-0.2, 0) is 4.79 Å². The lowest BCUT2D eigenvalue weighted by atomic mass is 10.3. The lowest BCUT2D eigenvalue weighted by Gasteiger charge is -1.95. The highest BCUT2D eigenvalue weighted by molar-refractivity contribution is 5.72. The van der Waals surface area contributed by atoms with Crippen molar-refractivity contribution in [2.75, 3.05) is 0 Å². The Bertz CT molecular complexity index is 122. The van der Waals surface area contributed by atoms with Crippen molar-refractivity contribution in [1.82, 2.24) is 0 Å². The summed E-state index contributed by atoms with van der Waals surface area (Å²) < 4.78 is 0. The van der Waals surface area contributed by atoms with Crippen LogP contribution in [-0.4, -0.2) is 22.3 Å². The Balaban J connectivity index is 3.52. The van der Waals surface area contributed by atoms with Gasteiger partial charge < -0.3 is 10.2 Å². The van der Waals surface area contributed by atoms with E-state index in [9.17, 15) is 4.79 Å². The summed E-state index contributed by atoms with van der Waals surface area (Å²) in [5.41, 5.74) is 0. The first-order chi connectivity index (χ1) is 3.68. The number of carboxylic acid groups (broad SMARTS) is 1. The fourth-order valence-electron chi connectivity index (χ4n) is 0.199. The number of hydrogen-bond acceptors (Lipinski definition) is 2. The van der Waals surface area contributed by atoms with Gasteiger partial charge in [0.1, 0.15) is 0 Å². The Morgan fingerprint density at radius 1 is 1.88 bits per heavy atom. The average molecular weight is 114 g/mol. The second-order valence-corrected chi connectivity index (χ2v) is 1.26. The van der Waals surface area contributed by atoms with Gasteiger partial charge in [0.25, 0.3) is 0 Å². The van der Waals surface area contributed by atoms with Crippen LogP contribution in [0.3, 0.4) is 0 Å². The molecule has 0 saturated heterocycles. The monoisotopic (exact) mass is 114 g/mol. The molecule has 0 unspecified atom stereocenters. The molecule has 44 valence electrons. The van der Waals surface area contributed by atoms with Gasteiger partial charge in [-0.25, -0.2) is 4.79 Å². The first-order valence-corrected chi connectivity index (χ1v) is 2.03. The molecule has 0 spiro atoms. The molecular weight excluding hydrogens is 108 g/mol. The Labute approximate surface area is 46.9 Å². The second-order valence-electron chi connectivity index (χ2n) is 1.26. The smallest absolute Gasteiger partial charge is 0.333 e. The molecule has 0 aliphatic carbocycles. The summed E-state index contributed by atoms with van der Waals surface area (Å²) in [5.74, 6) is 0.743. The molecule has 0 saturated carbocycles. The molecule has 0 aromatic rings. The largest absolute Gasteiger partial charge is 0.479 e. The molecule has 1 atom stereocenters. The van der Waals surface area contributed by atoms with E-state index in [1.54, 1.807) is 0 Å². The SMILES string of the molecule is C#CC[C@H](O)C(=O)O. The molecule has 2 N–H and O–H groups in total. The van der Waals surface area contributed by atoms with Crippen molar-refractivity contribution in [3.63, 3.8) is 0 Å². The van der Waals surface area contributed by atoms with Gasteiger partial charge in [-0.2, -0.15) is 0 Å². The third-order valence-electron chi connectivity index (χ3n) is 0.596. The van der Waals surface area contributed by atoms with Gasteiger partial charge in [0.05, 0.1) is 0 Å². The third-order valence-corrected chi connectivity index (χ3v) is 0.596. The number of carbonyl (C=O) groups is 1. The van der Waals surface area contributed by atoms with Gasteiger partial charge in [0.2, 0.25) is 0 Å². The summed E-state index contributed by atoms with van der Waals surface area (Å²) in [6, 6.07) is 0. The highest BCUT2D eigenvalue weighted by atomic mass is 16.4. The van der Waals surface area contributed by atoms with Crippen molar-refractivity contribution >= 4 is 5.97 Å². The zero-order valence-corrected chi connectivity index (χ0v) is 4.16. The average Bonchev–Trinajstić information content (AvgIpc) is 1.67. The maximum atomic E-state index is 9.74. The van der Waals surface area contributed by atoms with E-state index in [0.717, 1.165) is 0 Å². The summed E-state index contributed by atoms with van der Waals surface area (Å²) in [5, 5.41) is 16.4. The summed E-state index contributed by atoms with van der Waals surface area (Å²) in [6.45, 7) is 0. The molecule has 8 heavy (non-hydrogen) atoms. The van der Waals surface area contributed by atoms with Crippen LogP contribution in [0.4, 0.5) is 0 Å². The van der Waals surface area contributed by atoms with E-state index in [0.29, 0.717) is 0 Å². The number of aliphatic hydroxyl groups is 1. The molecule has 0 aliphatic rings. The van der Waals surface area contributed by atoms with Crippen LogP contribution in [0.15, 0.2) is 0 Å². The van der Waals surface area contributed by atoms with Crippen molar-refractivity contribution in [3.8, 4) is 12.3 Å². The van der Waals surface area contributed by atoms with Crippen molar-refractivity contribution in [3.05, 3.63) is 0 Å². The molecule has 0 bridgehead atoms. The predicted octanol–water partition coefficient (Wildman–Crippen LogP) is -0.545. The Kier molecular flexibility index (Phi) is 2.67. The maximum Gasteiger partial charge on any atom is 0.333 e. The van der Waals surface area contributed by atoms with Crippen LogP contribution < -0.4 is 0 Å². The van der Waals surface area contributed by atoms with E-state index < -0.39 is 12.1 Å². The lowest BCUT2D eigenvalue weighted by molar-refractivity contribution is -0.146. The first-order valence-electron chi connectivity index (χ1n) is 2.03. The van der Waals surface area contributed by atoms with E-state index in [1.807, 2.05) is 5.92 Å². The van der Waals surface area contributed by atoms with Gasteiger partial charge in [-0.15, -0.1) is 12.3 Å². The zero-order chi connectivity index (χ0) is 6.57. The summed E-state index contributed by atoms with van der Waals surface area (Å²) >= 11 is 0. The Hall–Kier alpha value is -1.01. The van der Waals surface area contributed by atoms with Crippen molar-refractivity contribution in [2.45, 2.75) is 12.5 Å². The molecular formula is C5H6O3. The van der Waals surface area contributed by atoms with Crippen LogP contribution in [0.25, 0.3) is 0 Å². The second kappa shape index (κ2) is 3.05. The van der Waals surface area contributed by atoms with E-state index in [2.05, 4.69) is 0 Å². The van der Waals surface area contributed by atoms with Crippen molar-refractivity contribution < 1.29 is 15.0 Å². The van der Waals surface area contributed by atoms with Gasteiger partial charge in [-0.1, -0.05) is 0 Å². The lowest BCUT2D eigenvalue weighted by Crippen LogP contribution is -2.17. The molecule has 0 amide bonds. The van der Waals surface area contributed by atoms with Gasteiger partial charge in [0.15, 0.2) is 6.10 Å². The molecule has 0 radical (unpaired) electrons. The molecule has 3 heteroatoms. The van der Waals surface area contributed by atoms with Crippen LogP contribution in [0, 0.1) is 12.3 Å². The summed E-state index contributed by atoms with van der Waals surface area (Å²) in [6.07, 6.45) is 3.16. The molecule has 3 nitrogen and oxygen atoms in total. The molecule has 0 heterocycles. The fourth-order valence-corrected chi connectivity index (χ4v) is 0.199. The molecule has 0 fully saturated rings. The quantitative estimate of drug-likeness (QED) is 0.474. The minimum Gasteiger partial charge on any atom is -0.479 e. The number of hydrogen-bond donors (Lipinski definition) is 2. The molecule has 0 aromatic heterocycles. The minimum atomic E-state index is -1.40. The highest BCUT2D eigenvalue weighted by Gasteiger charge is 2.09. The van der Waals surface area contributed by atoms with E-state index in [-0.39, 0.29) is 6.42 Å². The van der Waals surface area contributed by atoms with Crippen molar-refractivity contribution in [1.29, 1.82) is 0 Å². The van der Waals surface area contributed by atoms with Crippen LogP contribution >= 0.6 is 0 Å². The minimum absolute atomic E-state index is 0.130. The Morgan fingerprint density at radius 2 is 2.38 bits per heavy atom. The van der Waals surface area contributed by atoms with Crippen LogP contribution in [0.2, 0.25) is 0 Å². The van der Waals surface area contributed by atoms with Crippen LogP contribution in [0.5, 0.6) is 0 Å². The zero-order valence-electron chi connectivity index (χ0n) is 4.16. The number of terminal acetylenes is 1. The van der Waals surface area contributed by atoms with E-state index >= 15 is 0 Å². The van der Waals surface area contributed by atoms with Gasteiger partial charge in [0, 0.05) is 6.42 Å². The van der Waals surface area contributed by atoms with Gasteiger partial charge in [-0.05, 0) is 0 Å². The van der Waals surface area contributed by atoms with Gasteiger partial charge >= 0.3 is 5.97 Å². The standard InChI is InChI=1S/C5H6O3/c1-2-3-4(6)5(7)8/h1,4,6H,3H2,(H,7,8)/t4-/m0/s1. The summed E-state index contributed by atoms with van der Waals surface area (Å²) in [4.78, 5) is 9.74. The molecule has 0 aliphatic heterocycles. The topological polar surface area (TPSA) is 57.5 Å². The highest BCUT2D eigenvalue weighted by Crippen LogP contribution is 1.86. The summed E-state index contributed by atoms with van der Waals surface area (Å²) in [7, 11) is 0. The maximum absolute atomic E-state index is 9.74. The first kappa shape index (κ1) is 6.99. The third kappa shape index (κ3) is 2.21. The number of aliphatic carboxylic acids is 1. The number of carboxylic acids is 1. The normalized spacial score (nSPS) is 12.0. The number of aliphatic hydroxyl groups excluding tert-OH is 1. The van der Waals surface area contributed by atoms with Crippen molar-refractivity contribution in [2.24, 2.45) is 0 Å². The Morgan fingerprint density at radius 3 is 2.50 bits per heavy atom. The fraction of sp³-hybridized carbons (Fsp3) is 0.400.